The number of thiophene rings is 1. The highest BCUT2D eigenvalue weighted by Crippen LogP contribution is 2.36. The zero-order valence-corrected chi connectivity index (χ0v) is 18.3. The molecule has 6 nitrogen and oxygen atoms in total. The van der Waals surface area contributed by atoms with E-state index in [9.17, 15) is 14.9 Å². The Labute approximate surface area is 183 Å². The summed E-state index contributed by atoms with van der Waals surface area (Å²) in [5, 5.41) is 15.1. The zero-order chi connectivity index (χ0) is 22.6. The molecule has 1 atom stereocenters. The van der Waals surface area contributed by atoms with Gasteiger partial charge in [0.25, 0.3) is 5.69 Å². The van der Waals surface area contributed by atoms with Gasteiger partial charge in [-0.25, -0.2) is 4.79 Å². The second-order valence-electron chi connectivity index (χ2n) is 7.16. The second-order valence-corrected chi connectivity index (χ2v) is 8.92. The fourth-order valence-corrected chi connectivity index (χ4v) is 4.75. The normalized spacial score (nSPS) is 12.5. The van der Waals surface area contributed by atoms with Crippen molar-refractivity contribution in [3.8, 4) is 23.0 Å². The number of nitrogens with zero attached hydrogens (tertiary/aromatic N) is 1. The maximum atomic E-state index is 12.5. The van der Waals surface area contributed by atoms with Gasteiger partial charge in [-0.2, -0.15) is 0 Å². The monoisotopic (exact) mass is 436 g/mol. The van der Waals surface area contributed by atoms with Crippen molar-refractivity contribution in [2.45, 2.75) is 26.4 Å². The molecule has 0 bridgehead atoms. The van der Waals surface area contributed by atoms with E-state index in [1.165, 1.54) is 29.2 Å². The predicted octanol–water partition coefficient (Wildman–Crippen LogP) is 5.42. The third-order valence-corrected chi connectivity index (χ3v) is 6.50. The van der Waals surface area contributed by atoms with Gasteiger partial charge < -0.3 is 9.47 Å². The predicted molar refractivity (Wildman–Crippen MR) is 121 cm³/mol. The Hall–Kier alpha value is -3.63. The average Bonchev–Trinajstić information content (AvgIpc) is 3.28. The van der Waals surface area contributed by atoms with Crippen molar-refractivity contribution in [1.82, 2.24) is 0 Å². The van der Waals surface area contributed by atoms with Gasteiger partial charge >= 0.3 is 5.97 Å². The number of hydrogen-bond acceptors (Lipinski definition) is 5. The quantitative estimate of drug-likeness (QED) is 0.162. The highest BCUT2D eigenvalue weighted by molar-refractivity contribution is 7.36. The van der Waals surface area contributed by atoms with Gasteiger partial charge in [0.05, 0.1) is 4.92 Å². The number of ether oxygens (including phenoxy) is 2. The van der Waals surface area contributed by atoms with E-state index in [0.717, 1.165) is 11.1 Å². The molecule has 0 fully saturated rings. The topological polar surface area (TPSA) is 78.7 Å². The molecule has 0 radical (unpaired) electrons. The molecule has 0 spiro atoms. The van der Waals surface area contributed by atoms with E-state index < -0.39 is 16.5 Å². The Morgan fingerprint density at radius 1 is 1.16 bits per heavy atom. The maximum Gasteiger partial charge on any atom is 0.345 e. The molecule has 0 amide bonds. The van der Waals surface area contributed by atoms with Gasteiger partial charge in [0.1, 0.15) is 16.5 Å². The van der Waals surface area contributed by atoms with Crippen LogP contribution in [0.1, 0.15) is 23.6 Å². The molecule has 3 rings (SSSR count). The van der Waals surface area contributed by atoms with Gasteiger partial charge in [-0.1, -0.05) is 5.92 Å². The summed E-state index contributed by atoms with van der Waals surface area (Å²) in [5.74, 6) is 2.45. The Morgan fingerprint density at radius 2 is 1.74 bits per heavy atom. The molecule has 7 heteroatoms. The van der Waals surface area contributed by atoms with Crippen LogP contribution in [-0.4, -0.2) is 17.5 Å². The third-order valence-electron chi connectivity index (χ3n) is 4.82. The van der Waals surface area contributed by atoms with Crippen LogP contribution in [0.25, 0.3) is 4.90 Å². The van der Waals surface area contributed by atoms with Crippen molar-refractivity contribution in [3.63, 3.8) is 0 Å². The zero-order valence-electron chi connectivity index (χ0n) is 17.5. The first-order valence-corrected chi connectivity index (χ1v) is 10.8. The third kappa shape index (κ3) is 4.93. The summed E-state index contributed by atoms with van der Waals surface area (Å²) in [6, 6.07) is 13.8. The molecule has 0 saturated heterocycles. The first-order chi connectivity index (χ1) is 14.7. The molecule has 158 valence electrons. The van der Waals surface area contributed by atoms with Crippen molar-refractivity contribution < 1.29 is 19.2 Å². The molecule has 1 unspecified atom stereocenters. The fourth-order valence-electron chi connectivity index (χ4n) is 3.20. The highest BCUT2D eigenvalue weighted by atomic mass is 32.2. The minimum absolute atomic E-state index is 0.0454. The van der Waals surface area contributed by atoms with E-state index in [1.54, 1.807) is 6.92 Å². The first kappa shape index (κ1) is 22.1. The maximum absolute atomic E-state index is 12.5. The second kappa shape index (κ2) is 9.02. The number of carbonyl (C=O) groups is 1. The van der Waals surface area contributed by atoms with Crippen LogP contribution >= 0.6 is 10.5 Å². The van der Waals surface area contributed by atoms with E-state index in [1.807, 2.05) is 26.0 Å². The summed E-state index contributed by atoms with van der Waals surface area (Å²) < 4.78 is 11.3. The number of aryl methyl sites for hydroxylation is 2. The molecule has 3 aromatic rings. The summed E-state index contributed by atoms with van der Waals surface area (Å²) >= 11 is 0. The number of esters is 1. The van der Waals surface area contributed by atoms with Gasteiger partial charge in [-0.3, -0.25) is 10.1 Å². The molecule has 0 aliphatic heterocycles. The Balaban J connectivity index is 1.70. The fraction of sp³-hybridized carbons (Fsp3) is 0.208. The number of terminal acetylenes is 1. The van der Waals surface area contributed by atoms with Crippen LogP contribution in [0.4, 0.5) is 5.69 Å². The molecule has 2 aromatic carbocycles. The number of hydrogen-bond donors (Lipinski definition) is 0. The molecular formula is C24H22NO5S+. The van der Waals surface area contributed by atoms with Crippen LogP contribution in [0.2, 0.25) is 0 Å². The van der Waals surface area contributed by atoms with Crippen molar-refractivity contribution in [1.29, 1.82) is 0 Å². The van der Waals surface area contributed by atoms with E-state index in [2.05, 4.69) is 28.8 Å². The summed E-state index contributed by atoms with van der Waals surface area (Å²) in [7, 11) is -0.0454. The lowest BCUT2D eigenvalue weighted by molar-refractivity contribution is -0.384. The number of non-ortho nitro benzene ring substituents is 1. The number of nitro benzene ring substituents is 1. The van der Waals surface area contributed by atoms with E-state index in [-0.39, 0.29) is 22.8 Å². The Kier molecular flexibility index (Phi) is 6.42. The Morgan fingerprint density at radius 3 is 2.26 bits per heavy atom. The van der Waals surface area contributed by atoms with Gasteiger partial charge in [0.15, 0.2) is 17.1 Å². The van der Waals surface area contributed by atoms with E-state index in [4.69, 9.17) is 15.9 Å². The van der Waals surface area contributed by atoms with Gasteiger partial charge in [-0.15, -0.1) is 6.42 Å². The van der Waals surface area contributed by atoms with Crippen molar-refractivity contribution >= 4 is 22.1 Å². The molecule has 0 N–H and O–H groups in total. The molecule has 1 heterocycles. The molecule has 0 saturated carbocycles. The van der Waals surface area contributed by atoms with Crippen LogP contribution in [-0.2, 0) is 15.1 Å². The smallest absolute Gasteiger partial charge is 0.345 e. The van der Waals surface area contributed by atoms with Crippen LogP contribution in [0, 0.1) is 36.3 Å². The van der Waals surface area contributed by atoms with Crippen LogP contribution in [0.15, 0.2) is 59.3 Å². The van der Waals surface area contributed by atoms with Crippen molar-refractivity contribution in [3.05, 3.63) is 86.1 Å². The van der Waals surface area contributed by atoms with Crippen molar-refractivity contribution in [2.75, 3.05) is 6.61 Å². The lowest BCUT2D eigenvalue weighted by Gasteiger charge is -2.24. The van der Waals surface area contributed by atoms with Gasteiger partial charge in [0.2, 0.25) is 0 Å². The largest absolute Gasteiger partial charge is 0.481 e. The lowest BCUT2D eigenvalue weighted by atomic mass is 9.96. The number of benzene rings is 2. The first-order valence-electron chi connectivity index (χ1n) is 9.49. The molecule has 0 aliphatic carbocycles. The van der Waals surface area contributed by atoms with Crippen molar-refractivity contribution in [2.24, 2.45) is 0 Å². The minimum atomic E-state index is -1.37. The molecule has 1 aromatic heterocycles. The number of nitro groups is 1. The van der Waals surface area contributed by atoms with Gasteiger partial charge in [-0.05, 0) is 56.2 Å². The summed E-state index contributed by atoms with van der Waals surface area (Å²) in [6.07, 6.45) is 5.60. The number of carbonyl (C=O) groups excluding carboxylic acids is 1. The summed E-state index contributed by atoms with van der Waals surface area (Å²) in [5.41, 5.74) is 0.880. The standard InChI is InChI=1S/C24H22NO5S/c1-5-24(4,19-8-10-20(11-9-19)25(27)28)30-22(26)16-29-23-17(2)14-21(15-18(23)3)31-12-6-7-13-31/h1,6-15H,16H2,2-4H3/q+1. The lowest BCUT2D eigenvalue weighted by Crippen LogP contribution is -2.30. The Bertz CT molecular complexity index is 1120. The molecule has 0 aliphatic rings. The minimum Gasteiger partial charge on any atom is -0.481 e. The summed E-state index contributed by atoms with van der Waals surface area (Å²) in [6.45, 7) is 5.12. The van der Waals surface area contributed by atoms with Crippen LogP contribution < -0.4 is 4.74 Å². The highest BCUT2D eigenvalue weighted by Gasteiger charge is 2.29. The van der Waals surface area contributed by atoms with E-state index in [0.29, 0.717) is 11.3 Å². The molecule has 31 heavy (non-hydrogen) atoms. The number of rotatable bonds is 7. The van der Waals surface area contributed by atoms with E-state index >= 15 is 0 Å². The summed E-state index contributed by atoms with van der Waals surface area (Å²) in [4.78, 5) is 24.0. The van der Waals surface area contributed by atoms with Gasteiger partial charge in [0, 0.05) is 40.3 Å². The SMILES string of the molecule is C#CC(C)(OC(=O)COc1c(C)cc(-[s+]2cccc2)cc1C)c1ccc([N+](=O)[O-])cc1. The average molecular weight is 437 g/mol. The van der Waals surface area contributed by atoms with Crippen LogP contribution in [0.3, 0.4) is 0 Å². The molecular weight excluding hydrogens is 414 g/mol. The van der Waals surface area contributed by atoms with Crippen LogP contribution in [0.5, 0.6) is 5.75 Å².